The Labute approximate surface area is 198 Å². The summed E-state index contributed by atoms with van der Waals surface area (Å²) in [6, 6.07) is 2.30. The van der Waals surface area contributed by atoms with Gasteiger partial charge in [-0.1, -0.05) is 33.3 Å². The number of ether oxygens (including phenoxy) is 1. The topological polar surface area (TPSA) is 64.7 Å². The highest BCUT2D eigenvalue weighted by Gasteiger charge is 2.30. The first-order valence-electron chi connectivity index (χ1n) is 12.9. The number of nitrogens with two attached hydrogens (primary N) is 1. The van der Waals surface area contributed by atoms with Crippen molar-refractivity contribution in [2.75, 3.05) is 6.61 Å². The molecule has 0 radical (unpaired) electrons. The summed E-state index contributed by atoms with van der Waals surface area (Å²) in [6.45, 7) is 7.44. The van der Waals surface area contributed by atoms with Crippen LogP contribution < -0.4 is 5.73 Å². The van der Waals surface area contributed by atoms with Crippen molar-refractivity contribution >= 4 is 23.4 Å². The van der Waals surface area contributed by atoms with Crippen molar-refractivity contribution in [3.05, 3.63) is 57.9 Å². The fourth-order valence-electron chi connectivity index (χ4n) is 5.64. The molecule has 4 heteroatoms. The first-order chi connectivity index (χ1) is 16.1. The van der Waals surface area contributed by atoms with E-state index in [1.54, 1.807) is 0 Å². The molecular formula is C29H38N2O2. The van der Waals surface area contributed by atoms with Gasteiger partial charge in [-0.2, -0.15) is 0 Å². The molecule has 1 aromatic rings. The van der Waals surface area contributed by atoms with Gasteiger partial charge in [0.15, 0.2) is 0 Å². The van der Waals surface area contributed by atoms with Crippen LogP contribution in [0.1, 0.15) is 117 Å². The number of benzene rings is 1. The smallest absolute Gasteiger partial charge is 0.251 e. The minimum Gasteiger partial charge on any atom is -0.494 e. The van der Waals surface area contributed by atoms with Crippen LogP contribution in [-0.4, -0.2) is 18.7 Å². The van der Waals surface area contributed by atoms with Gasteiger partial charge in [-0.05, 0) is 109 Å². The Morgan fingerprint density at radius 2 is 2.06 bits per heavy atom. The Morgan fingerprint density at radius 3 is 2.79 bits per heavy atom. The first-order valence-corrected chi connectivity index (χ1v) is 12.9. The van der Waals surface area contributed by atoms with E-state index in [4.69, 9.17) is 15.5 Å². The molecule has 176 valence electrons. The molecule has 2 unspecified atom stereocenters. The number of carbonyl (C=O) groups is 1. The van der Waals surface area contributed by atoms with Gasteiger partial charge in [-0.15, -0.1) is 0 Å². The third kappa shape index (κ3) is 4.71. The summed E-state index contributed by atoms with van der Waals surface area (Å²) in [4.78, 5) is 17.6. The van der Waals surface area contributed by atoms with Crippen LogP contribution in [-0.2, 0) is 4.74 Å². The zero-order valence-corrected chi connectivity index (χ0v) is 20.5. The van der Waals surface area contributed by atoms with Crippen molar-refractivity contribution in [3.63, 3.8) is 0 Å². The Balaban J connectivity index is 1.98. The third-order valence-electron chi connectivity index (χ3n) is 7.36. The largest absolute Gasteiger partial charge is 0.494 e. The van der Waals surface area contributed by atoms with E-state index in [1.807, 2.05) is 6.21 Å². The quantitative estimate of drug-likeness (QED) is 0.472. The number of nitrogens with zero attached hydrogens (tertiary/aromatic N) is 1. The van der Waals surface area contributed by atoms with Crippen LogP contribution >= 0.6 is 0 Å². The average molecular weight is 447 g/mol. The highest BCUT2D eigenvalue weighted by molar-refractivity contribution is 6.03. The minimum atomic E-state index is -0.354. The molecular weight excluding hydrogens is 408 g/mol. The van der Waals surface area contributed by atoms with E-state index in [1.165, 1.54) is 22.3 Å². The summed E-state index contributed by atoms with van der Waals surface area (Å²) in [7, 11) is 0. The lowest BCUT2D eigenvalue weighted by Gasteiger charge is -2.30. The molecule has 2 heterocycles. The van der Waals surface area contributed by atoms with E-state index >= 15 is 0 Å². The Bertz CT molecular complexity index is 1030. The van der Waals surface area contributed by atoms with Gasteiger partial charge in [-0.3, -0.25) is 9.79 Å². The van der Waals surface area contributed by atoms with Crippen LogP contribution in [0.5, 0.6) is 0 Å². The van der Waals surface area contributed by atoms with Gasteiger partial charge in [0.25, 0.3) is 5.91 Å². The van der Waals surface area contributed by atoms with Gasteiger partial charge in [0, 0.05) is 6.21 Å². The molecule has 1 fully saturated rings. The number of fused-ring (bicyclic) bond motifs is 2. The Hall–Kier alpha value is -2.62. The fraction of sp³-hybridized carbons (Fsp3) is 0.517. The first kappa shape index (κ1) is 23.5. The average Bonchev–Trinajstić information content (AvgIpc) is 2.81. The second kappa shape index (κ2) is 10.5. The van der Waals surface area contributed by atoms with Gasteiger partial charge in [0.2, 0.25) is 0 Å². The number of aliphatic imine (C=N–C) groups is 1. The van der Waals surface area contributed by atoms with Gasteiger partial charge < -0.3 is 10.5 Å². The molecule has 1 aromatic carbocycles. The summed E-state index contributed by atoms with van der Waals surface area (Å²) in [5, 5.41) is 0. The Kier molecular flexibility index (Phi) is 7.52. The molecule has 1 aliphatic carbocycles. The SMILES string of the molecule is CCCC(CC)c1cc(C2=CCCC=C3OCCCC3=C2)c2c(c1C(N)=O)N=CCC2CC. The van der Waals surface area contributed by atoms with Crippen LogP contribution in [0.2, 0.25) is 0 Å². The van der Waals surface area contributed by atoms with Crippen molar-refractivity contribution in [1.29, 1.82) is 0 Å². The maximum Gasteiger partial charge on any atom is 0.251 e. The standard InChI is InChI=1S/C29H38N2O2/c1-4-10-19(5-2)23-18-24(21-11-7-8-13-25-22(17-21)12-9-16-33-25)26-20(6-3)14-15-31-28(26)27(23)29(30)32/h11,13,15,17-20H,4-10,12,14,16H2,1-3H3,(H2,30,32). The Morgan fingerprint density at radius 1 is 1.24 bits per heavy atom. The highest BCUT2D eigenvalue weighted by Crippen LogP contribution is 2.46. The van der Waals surface area contributed by atoms with E-state index in [0.29, 0.717) is 17.4 Å². The van der Waals surface area contributed by atoms with E-state index in [9.17, 15) is 4.79 Å². The van der Waals surface area contributed by atoms with Gasteiger partial charge in [0.05, 0.1) is 17.9 Å². The van der Waals surface area contributed by atoms with Crippen LogP contribution in [0, 0.1) is 0 Å². The lowest BCUT2D eigenvalue weighted by atomic mass is 9.77. The maximum atomic E-state index is 12.8. The van der Waals surface area contributed by atoms with Crippen LogP contribution in [0.3, 0.4) is 0 Å². The van der Waals surface area contributed by atoms with E-state index in [-0.39, 0.29) is 5.91 Å². The molecule has 0 spiro atoms. The van der Waals surface area contributed by atoms with Gasteiger partial charge >= 0.3 is 0 Å². The van der Waals surface area contributed by atoms with Gasteiger partial charge in [0.1, 0.15) is 5.76 Å². The number of hydrogen-bond acceptors (Lipinski definition) is 3. The predicted octanol–water partition coefficient (Wildman–Crippen LogP) is 7.48. The molecule has 2 atom stereocenters. The van der Waals surface area contributed by atoms with Crippen molar-refractivity contribution < 1.29 is 9.53 Å². The highest BCUT2D eigenvalue weighted by atomic mass is 16.5. The number of hydrogen-bond donors (Lipinski definition) is 1. The van der Waals surface area contributed by atoms with Crippen LogP contribution in [0.15, 0.2) is 40.6 Å². The van der Waals surface area contributed by atoms with Crippen molar-refractivity contribution in [1.82, 2.24) is 0 Å². The molecule has 1 amide bonds. The summed E-state index contributed by atoms with van der Waals surface area (Å²) in [5.41, 5.74) is 13.5. The zero-order chi connectivity index (χ0) is 23.4. The summed E-state index contributed by atoms with van der Waals surface area (Å²) >= 11 is 0. The molecule has 4 nitrogen and oxygen atoms in total. The fourth-order valence-corrected chi connectivity index (χ4v) is 5.64. The number of rotatable bonds is 7. The summed E-state index contributed by atoms with van der Waals surface area (Å²) < 4.78 is 6.00. The molecule has 1 saturated heterocycles. The van der Waals surface area contributed by atoms with Crippen molar-refractivity contribution in [2.45, 2.75) is 90.4 Å². The molecule has 0 bridgehead atoms. The number of amides is 1. The van der Waals surface area contributed by atoms with Crippen molar-refractivity contribution in [2.24, 2.45) is 10.7 Å². The molecule has 33 heavy (non-hydrogen) atoms. The molecule has 4 rings (SSSR count). The normalized spacial score (nSPS) is 20.8. The van der Waals surface area contributed by atoms with Gasteiger partial charge in [-0.25, -0.2) is 0 Å². The lowest BCUT2D eigenvalue weighted by molar-refractivity contribution is 0.0999. The minimum absolute atomic E-state index is 0.300. The van der Waals surface area contributed by atoms with E-state index < -0.39 is 0 Å². The van der Waals surface area contributed by atoms with Crippen molar-refractivity contribution in [3.8, 4) is 0 Å². The second-order valence-corrected chi connectivity index (χ2v) is 9.49. The van der Waals surface area contributed by atoms with E-state index in [0.717, 1.165) is 81.4 Å². The van der Waals surface area contributed by atoms with Crippen LogP contribution in [0.25, 0.3) is 5.57 Å². The number of allylic oxidation sites excluding steroid dienone is 5. The zero-order valence-electron chi connectivity index (χ0n) is 20.5. The molecule has 2 aliphatic heterocycles. The summed E-state index contributed by atoms with van der Waals surface area (Å²) in [6.07, 6.45) is 18.0. The van der Waals surface area contributed by atoms with Crippen LogP contribution in [0.4, 0.5) is 5.69 Å². The molecule has 0 aromatic heterocycles. The monoisotopic (exact) mass is 446 g/mol. The summed E-state index contributed by atoms with van der Waals surface area (Å²) in [5.74, 6) is 1.34. The molecule has 3 aliphatic rings. The number of primary amides is 1. The van der Waals surface area contributed by atoms with E-state index in [2.05, 4.69) is 45.1 Å². The third-order valence-corrected chi connectivity index (χ3v) is 7.36. The molecule has 0 saturated carbocycles. The number of carbonyl (C=O) groups excluding carboxylic acids is 1. The lowest BCUT2D eigenvalue weighted by Crippen LogP contribution is -2.20. The predicted molar refractivity (Wildman–Crippen MR) is 137 cm³/mol. The second-order valence-electron chi connectivity index (χ2n) is 9.49. The molecule has 2 N–H and O–H groups in total. The maximum absolute atomic E-state index is 12.8.